The van der Waals surface area contributed by atoms with Gasteiger partial charge in [0.25, 0.3) is 0 Å². The van der Waals surface area contributed by atoms with Gasteiger partial charge in [-0.1, -0.05) is 15.9 Å². The van der Waals surface area contributed by atoms with E-state index in [0.29, 0.717) is 12.4 Å². The van der Waals surface area contributed by atoms with E-state index in [1.54, 1.807) is 31.9 Å². The highest BCUT2D eigenvalue weighted by molar-refractivity contribution is 9.10. The van der Waals surface area contributed by atoms with Crippen LogP contribution in [0.15, 0.2) is 6.33 Å². The minimum absolute atomic E-state index is 0.0787. The van der Waals surface area contributed by atoms with Crippen LogP contribution in [0.1, 0.15) is 19.7 Å². The van der Waals surface area contributed by atoms with Crippen LogP contribution in [0.4, 0.5) is 0 Å². The molecule has 1 N–H and O–H groups in total. The van der Waals surface area contributed by atoms with Crippen LogP contribution < -0.4 is 5.32 Å². The summed E-state index contributed by atoms with van der Waals surface area (Å²) >= 11 is 3.26. The molecule has 6 heteroatoms. The molecule has 0 aliphatic rings. The summed E-state index contributed by atoms with van der Waals surface area (Å²) in [6.07, 6.45) is 1.60. The number of aryl methyl sites for hydroxylation is 1. The van der Waals surface area contributed by atoms with Crippen molar-refractivity contribution in [3.63, 3.8) is 0 Å². The normalized spacial score (nSPS) is 11.4. The minimum Gasteiger partial charge on any atom is -0.348 e. The molecule has 0 aromatic carbocycles. The van der Waals surface area contributed by atoms with Gasteiger partial charge in [-0.15, -0.1) is 0 Å². The van der Waals surface area contributed by atoms with Crippen LogP contribution in [0, 0.1) is 0 Å². The molecule has 1 rings (SSSR count). The van der Waals surface area contributed by atoms with Crippen molar-refractivity contribution in [3.05, 3.63) is 12.2 Å². The highest BCUT2D eigenvalue weighted by atomic mass is 79.9. The van der Waals surface area contributed by atoms with Crippen molar-refractivity contribution in [2.75, 3.05) is 0 Å². The first kappa shape index (κ1) is 11.2. The molecule has 1 heterocycles. The Labute approximate surface area is 91.0 Å². The lowest BCUT2D eigenvalue weighted by molar-refractivity contribution is -0.122. The Balaban J connectivity index is 2.46. The third-order valence-corrected chi connectivity index (χ3v) is 1.95. The predicted molar refractivity (Wildman–Crippen MR) is 55.9 cm³/mol. The Bertz CT molecular complexity index is 328. The number of nitrogens with zero attached hydrogens (tertiary/aromatic N) is 3. The second-order valence-corrected chi connectivity index (χ2v) is 5.47. The molecule has 78 valence electrons. The van der Waals surface area contributed by atoms with Crippen LogP contribution in [-0.4, -0.2) is 25.0 Å². The summed E-state index contributed by atoms with van der Waals surface area (Å²) in [6.45, 7) is 3.93. The molecule has 1 aromatic rings. The molecular weight excluding hydrogens is 248 g/mol. The van der Waals surface area contributed by atoms with E-state index in [-0.39, 0.29) is 5.91 Å². The molecule has 0 fully saturated rings. The van der Waals surface area contributed by atoms with E-state index in [1.165, 1.54) is 0 Å². The van der Waals surface area contributed by atoms with E-state index < -0.39 is 4.32 Å². The van der Waals surface area contributed by atoms with Gasteiger partial charge < -0.3 is 5.32 Å². The molecular formula is C8H13BrN4O. The smallest absolute Gasteiger partial charge is 0.236 e. The fraction of sp³-hybridized carbons (Fsp3) is 0.625. The number of hydrogen-bond donors (Lipinski definition) is 1. The fourth-order valence-corrected chi connectivity index (χ4v) is 0.975. The van der Waals surface area contributed by atoms with Crippen molar-refractivity contribution in [1.82, 2.24) is 20.1 Å². The zero-order valence-corrected chi connectivity index (χ0v) is 10.00. The van der Waals surface area contributed by atoms with Gasteiger partial charge in [0.2, 0.25) is 5.91 Å². The molecule has 0 aliphatic carbocycles. The lowest BCUT2D eigenvalue weighted by Crippen LogP contribution is -2.37. The number of amides is 1. The first-order chi connectivity index (χ1) is 6.39. The molecule has 1 aromatic heterocycles. The van der Waals surface area contributed by atoms with Crippen LogP contribution in [0.3, 0.4) is 0 Å². The van der Waals surface area contributed by atoms with Crippen LogP contribution in [0.2, 0.25) is 0 Å². The Morgan fingerprint density at radius 2 is 2.36 bits per heavy atom. The van der Waals surface area contributed by atoms with E-state index in [2.05, 4.69) is 31.3 Å². The van der Waals surface area contributed by atoms with Crippen molar-refractivity contribution in [1.29, 1.82) is 0 Å². The summed E-state index contributed by atoms with van der Waals surface area (Å²) < 4.78 is 1.04. The van der Waals surface area contributed by atoms with Gasteiger partial charge in [0.05, 0.1) is 10.9 Å². The van der Waals surface area contributed by atoms with Gasteiger partial charge in [-0.05, 0) is 13.8 Å². The molecule has 5 nitrogen and oxygen atoms in total. The van der Waals surface area contributed by atoms with Crippen molar-refractivity contribution in [2.24, 2.45) is 7.05 Å². The summed E-state index contributed by atoms with van der Waals surface area (Å²) in [4.78, 5) is 15.4. The van der Waals surface area contributed by atoms with E-state index in [1.807, 2.05) is 0 Å². The van der Waals surface area contributed by atoms with Gasteiger partial charge in [0.1, 0.15) is 6.33 Å². The largest absolute Gasteiger partial charge is 0.348 e. The number of carbonyl (C=O) groups excluding carboxylic acids is 1. The Morgan fingerprint density at radius 3 is 2.79 bits per heavy atom. The van der Waals surface area contributed by atoms with E-state index in [4.69, 9.17) is 0 Å². The maximum atomic E-state index is 11.4. The fourth-order valence-electron chi connectivity index (χ4n) is 0.834. The number of rotatable bonds is 3. The maximum Gasteiger partial charge on any atom is 0.236 e. The first-order valence-electron chi connectivity index (χ1n) is 4.21. The summed E-state index contributed by atoms with van der Waals surface area (Å²) in [5.41, 5.74) is 0. The first-order valence-corrected chi connectivity index (χ1v) is 5.00. The summed E-state index contributed by atoms with van der Waals surface area (Å²) in [5, 5.41) is 6.77. The lowest BCUT2D eigenvalue weighted by Gasteiger charge is -2.14. The zero-order chi connectivity index (χ0) is 10.8. The highest BCUT2D eigenvalue weighted by Gasteiger charge is 2.23. The third-order valence-electron chi connectivity index (χ3n) is 1.59. The Morgan fingerprint density at radius 1 is 1.71 bits per heavy atom. The third kappa shape index (κ3) is 3.10. The van der Waals surface area contributed by atoms with Gasteiger partial charge in [0, 0.05) is 7.05 Å². The molecule has 0 radical (unpaired) electrons. The second-order valence-electron chi connectivity index (χ2n) is 3.49. The molecule has 0 atom stereocenters. The van der Waals surface area contributed by atoms with Crippen LogP contribution in [-0.2, 0) is 18.4 Å². The molecule has 0 unspecified atom stereocenters. The van der Waals surface area contributed by atoms with Crippen LogP contribution in [0.25, 0.3) is 0 Å². The van der Waals surface area contributed by atoms with Gasteiger partial charge >= 0.3 is 0 Å². The van der Waals surface area contributed by atoms with Crippen molar-refractivity contribution in [3.8, 4) is 0 Å². The van der Waals surface area contributed by atoms with Crippen molar-refractivity contribution >= 4 is 21.8 Å². The Kier molecular flexibility index (Phi) is 3.25. The molecule has 14 heavy (non-hydrogen) atoms. The number of carbonyl (C=O) groups is 1. The topological polar surface area (TPSA) is 59.8 Å². The SMILES string of the molecule is Cn1cnc(CNC(=O)C(C)(C)Br)n1. The molecule has 0 saturated heterocycles. The van der Waals surface area contributed by atoms with Gasteiger partial charge in [-0.25, -0.2) is 4.98 Å². The summed E-state index contributed by atoms with van der Waals surface area (Å²) in [6, 6.07) is 0. The van der Waals surface area contributed by atoms with E-state index >= 15 is 0 Å². The van der Waals surface area contributed by atoms with Crippen LogP contribution >= 0.6 is 15.9 Å². The van der Waals surface area contributed by atoms with Crippen LogP contribution in [0.5, 0.6) is 0 Å². The number of hydrogen-bond acceptors (Lipinski definition) is 3. The number of nitrogens with one attached hydrogen (secondary N) is 1. The summed E-state index contributed by atoms with van der Waals surface area (Å²) in [5.74, 6) is 0.530. The van der Waals surface area contributed by atoms with E-state index in [0.717, 1.165) is 0 Å². The van der Waals surface area contributed by atoms with Gasteiger partial charge in [-0.2, -0.15) is 5.10 Å². The standard InChI is InChI=1S/C8H13BrN4O/c1-8(2,9)7(14)10-4-6-11-5-13(3)12-6/h5H,4H2,1-3H3,(H,10,14). The number of aromatic nitrogens is 3. The molecule has 0 aliphatic heterocycles. The Hall–Kier alpha value is -0.910. The van der Waals surface area contributed by atoms with Crippen molar-refractivity contribution in [2.45, 2.75) is 24.7 Å². The van der Waals surface area contributed by atoms with E-state index in [9.17, 15) is 4.79 Å². The average molecular weight is 261 g/mol. The zero-order valence-electron chi connectivity index (χ0n) is 8.41. The maximum absolute atomic E-state index is 11.4. The quantitative estimate of drug-likeness (QED) is 0.811. The molecule has 1 amide bonds. The molecule has 0 bridgehead atoms. The van der Waals surface area contributed by atoms with Gasteiger partial charge in [0.15, 0.2) is 5.82 Å². The average Bonchev–Trinajstić information content (AvgIpc) is 2.45. The summed E-state index contributed by atoms with van der Waals surface area (Å²) in [7, 11) is 1.78. The monoisotopic (exact) mass is 260 g/mol. The van der Waals surface area contributed by atoms with Gasteiger partial charge in [-0.3, -0.25) is 9.48 Å². The van der Waals surface area contributed by atoms with Crippen molar-refractivity contribution < 1.29 is 4.79 Å². The predicted octanol–water partition coefficient (Wildman–Crippen LogP) is 0.605. The highest BCUT2D eigenvalue weighted by Crippen LogP contribution is 2.15. The molecule has 0 saturated carbocycles. The minimum atomic E-state index is -0.554. The lowest BCUT2D eigenvalue weighted by atomic mass is 10.2. The number of halogens is 1. The second kappa shape index (κ2) is 4.08. The molecule has 0 spiro atoms. The number of alkyl halides is 1.